The van der Waals surface area contributed by atoms with Crippen molar-refractivity contribution in [1.29, 1.82) is 0 Å². The van der Waals surface area contributed by atoms with Gasteiger partial charge in [-0.05, 0) is 37.2 Å². The van der Waals surface area contributed by atoms with Gasteiger partial charge in [0.05, 0.1) is 11.2 Å². The third-order valence-electron chi connectivity index (χ3n) is 2.34. The molecule has 66 valence electrons. The average Bonchev–Trinajstić information content (AvgIpc) is 2.61. The molecule has 1 aromatic heterocycles. The predicted molar refractivity (Wildman–Crippen MR) is 51.6 cm³/mol. The van der Waals surface area contributed by atoms with Crippen LogP contribution in [0.3, 0.4) is 0 Å². The van der Waals surface area contributed by atoms with Gasteiger partial charge in [-0.3, -0.25) is 0 Å². The maximum absolute atomic E-state index is 5.95. The van der Waals surface area contributed by atoms with E-state index in [-0.39, 0.29) is 5.54 Å². The summed E-state index contributed by atoms with van der Waals surface area (Å²) in [6.07, 6.45) is 6.08. The summed E-state index contributed by atoms with van der Waals surface area (Å²) in [5.74, 6) is 0. The molecule has 2 N–H and O–H groups in total. The molecule has 2 rings (SSSR count). The minimum atomic E-state index is 0.132. The van der Waals surface area contributed by atoms with Gasteiger partial charge in [0, 0.05) is 10.4 Å². The Morgan fingerprint density at radius 1 is 1.67 bits per heavy atom. The number of nitrogens with two attached hydrogens (primary N) is 1. The second kappa shape index (κ2) is 2.98. The third-order valence-corrected chi connectivity index (χ3v) is 3.63. The van der Waals surface area contributed by atoms with Crippen LogP contribution in [0.15, 0.2) is 6.20 Å². The van der Waals surface area contributed by atoms with Crippen molar-refractivity contribution in [2.24, 2.45) is 5.73 Å². The number of nitrogens with zero attached hydrogens (tertiary/aromatic N) is 1. The van der Waals surface area contributed by atoms with Gasteiger partial charge in [0.2, 0.25) is 0 Å². The van der Waals surface area contributed by atoms with E-state index < -0.39 is 0 Å². The molecule has 0 aromatic carbocycles. The van der Waals surface area contributed by atoms with E-state index in [1.165, 1.54) is 29.3 Å². The summed E-state index contributed by atoms with van der Waals surface area (Å²) in [7, 11) is 0. The van der Waals surface area contributed by atoms with Crippen LogP contribution >= 0.6 is 23.1 Å². The smallest absolute Gasteiger partial charge is 0.0745 e. The Morgan fingerprint density at radius 2 is 2.42 bits per heavy atom. The van der Waals surface area contributed by atoms with Gasteiger partial charge in [0.25, 0.3) is 0 Å². The molecule has 0 bridgehead atoms. The van der Waals surface area contributed by atoms with Crippen molar-refractivity contribution in [1.82, 2.24) is 4.37 Å². The van der Waals surface area contributed by atoms with Crippen molar-refractivity contribution in [3.8, 4) is 0 Å². The molecule has 0 amide bonds. The van der Waals surface area contributed by atoms with Crippen molar-refractivity contribution in [3.63, 3.8) is 0 Å². The maximum Gasteiger partial charge on any atom is 0.0745 e. The van der Waals surface area contributed by atoms with Gasteiger partial charge in [-0.15, -0.1) is 0 Å². The van der Waals surface area contributed by atoms with Crippen LogP contribution < -0.4 is 5.73 Å². The van der Waals surface area contributed by atoms with Crippen LogP contribution in [0, 0.1) is 0 Å². The van der Waals surface area contributed by atoms with Crippen LogP contribution in [-0.4, -0.2) is 9.91 Å². The molecule has 4 heteroatoms. The highest BCUT2D eigenvalue weighted by molar-refractivity contribution is 7.06. The van der Waals surface area contributed by atoms with Gasteiger partial charge < -0.3 is 5.73 Å². The second-order valence-electron chi connectivity index (χ2n) is 3.46. The van der Waals surface area contributed by atoms with E-state index in [0.717, 1.165) is 17.9 Å². The maximum atomic E-state index is 5.95. The lowest BCUT2D eigenvalue weighted by Crippen LogP contribution is -2.21. The highest BCUT2D eigenvalue weighted by Gasteiger charge is 2.37. The summed E-state index contributed by atoms with van der Waals surface area (Å²) in [5.41, 5.74) is 6.09. The molecule has 1 saturated carbocycles. The first-order valence-electron chi connectivity index (χ1n) is 4.08. The zero-order chi connectivity index (χ0) is 8.60. The number of hydrogen-bond acceptors (Lipinski definition) is 3. The highest BCUT2D eigenvalue weighted by Crippen LogP contribution is 2.37. The summed E-state index contributed by atoms with van der Waals surface area (Å²) in [5, 5.41) is 0.796. The Kier molecular flexibility index (Phi) is 2.10. The highest BCUT2D eigenvalue weighted by atomic mass is 35.5. The molecule has 1 aromatic rings. The molecule has 0 aliphatic heterocycles. The van der Waals surface area contributed by atoms with E-state index in [1.807, 2.05) is 0 Å². The van der Waals surface area contributed by atoms with E-state index in [9.17, 15) is 0 Å². The van der Waals surface area contributed by atoms with Crippen LogP contribution in [0.1, 0.15) is 24.1 Å². The lowest BCUT2D eigenvalue weighted by atomic mass is 10.1. The molecule has 1 fully saturated rings. The minimum absolute atomic E-state index is 0.132. The number of halogens is 1. The van der Waals surface area contributed by atoms with Crippen LogP contribution in [0.5, 0.6) is 0 Å². The van der Waals surface area contributed by atoms with Crippen molar-refractivity contribution < 1.29 is 0 Å². The van der Waals surface area contributed by atoms with Crippen LogP contribution in [0.4, 0.5) is 0 Å². The zero-order valence-electron chi connectivity index (χ0n) is 6.72. The third kappa shape index (κ3) is 1.79. The molecular weight excluding hydrogens is 192 g/mol. The van der Waals surface area contributed by atoms with E-state index in [0.29, 0.717) is 0 Å². The fraction of sp³-hybridized carbons (Fsp3) is 0.625. The molecule has 1 aliphatic carbocycles. The van der Waals surface area contributed by atoms with E-state index >= 15 is 0 Å². The van der Waals surface area contributed by atoms with Crippen molar-refractivity contribution in [2.45, 2.75) is 31.2 Å². The number of hydrogen-bond donors (Lipinski definition) is 1. The normalized spacial score (nSPS) is 19.5. The zero-order valence-corrected chi connectivity index (χ0v) is 8.29. The Morgan fingerprint density at radius 3 is 2.92 bits per heavy atom. The quantitative estimate of drug-likeness (QED) is 0.817. The Bertz CT molecular complexity index is 280. The molecule has 2 nitrogen and oxygen atoms in total. The molecule has 0 unspecified atom stereocenters. The Labute approximate surface area is 80.9 Å². The standard InChI is InChI=1S/C8H11ClN2S/c9-6-5-11-12-7(6)1-2-8(10)3-4-8/h5H,1-4,10H2. The molecule has 1 aliphatic rings. The predicted octanol–water partition coefficient (Wildman–Crippen LogP) is 2.22. The first-order valence-corrected chi connectivity index (χ1v) is 5.23. The largest absolute Gasteiger partial charge is 0.325 e. The number of aromatic nitrogens is 1. The SMILES string of the molecule is NC1(CCc2sncc2Cl)CC1. The molecule has 0 saturated heterocycles. The summed E-state index contributed by atoms with van der Waals surface area (Å²) in [4.78, 5) is 1.17. The van der Waals surface area contributed by atoms with Crippen LogP contribution in [0.25, 0.3) is 0 Å². The van der Waals surface area contributed by atoms with Gasteiger partial charge in [0.15, 0.2) is 0 Å². The molecule has 0 spiro atoms. The average molecular weight is 203 g/mol. The lowest BCUT2D eigenvalue weighted by Gasteiger charge is -2.05. The van der Waals surface area contributed by atoms with Gasteiger partial charge in [-0.25, -0.2) is 0 Å². The second-order valence-corrected chi connectivity index (χ2v) is 4.75. The van der Waals surface area contributed by atoms with Crippen molar-refractivity contribution in [2.75, 3.05) is 0 Å². The monoisotopic (exact) mass is 202 g/mol. The van der Waals surface area contributed by atoms with E-state index in [2.05, 4.69) is 4.37 Å². The summed E-state index contributed by atoms with van der Waals surface area (Å²) < 4.78 is 4.01. The summed E-state index contributed by atoms with van der Waals surface area (Å²) in [6.45, 7) is 0. The Hall–Kier alpha value is -0.120. The van der Waals surface area contributed by atoms with Gasteiger partial charge in [-0.1, -0.05) is 11.6 Å². The number of rotatable bonds is 3. The van der Waals surface area contributed by atoms with E-state index in [4.69, 9.17) is 17.3 Å². The fourth-order valence-electron chi connectivity index (χ4n) is 1.19. The molecular formula is C8H11ClN2S. The van der Waals surface area contributed by atoms with Gasteiger partial charge in [0.1, 0.15) is 0 Å². The lowest BCUT2D eigenvalue weighted by molar-refractivity contribution is 0.612. The van der Waals surface area contributed by atoms with E-state index in [1.54, 1.807) is 6.20 Å². The van der Waals surface area contributed by atoms with Crippen molar-refractivity contribution >= 4 is 23.1 Å². The van der Waals surface area contributed by atoms with Crippen molar-refractivity contribution in [3.05, 3.63) is 16.1 Å². The fourth-order valence-corrected chi connectivity index (χ4v) is 2.11. The summed E-state index contributed by atoms with van der Waals surface area (Å²) in [6, 6.07) is 0. The molecule has 0 atom stereocenters. The minimum Gasteiger partial charge on any atom is -0.325 e. The summed E-state index contributed by atoms with van der Waals surface area (Å²) >= 11 is 7.38. The van der Waals surface area contributed by atoms with Gasteiger partial charge in [-0.2, -0.15) is 4.37 Å². The first-order chi connectivity index (χ1) is 5.70. The number of aryl methyl sites for hydroxylation is 1. The Balaban J connectivity index is 1.91. The van der Waals surface area contributed by atoms with Gasteiger partial charge >= 0.3 is 0 Å². The topological polar surface area (TPSA) is 38.9 Å². The molecule has 0 radical (unpaired) electrons. The molecule has 1 heterocycles. The first kappa shape index (κ1) is 8.48. The van der Waals surface area contributed by atoms with Crippen LogP contribution in [-0.2, 0) is 6.42 Å². The molecule has 12 heavy (non-hydrogen) atoms. The van der Waals surface area contributed by atoms with Crippen LogP contribution in [0.2, 0.25) is 5.02 Å².